The molecule has 1 saturated carbocycles. The van der Waals surface area contributed by atoms with E-state index in [0.29, 0.717) is 12.5 Å². The summed E-state index contributed by atoms with van der Waals surface area (Å²) in [5, 5.41) is 5.40. The predicted octanol–water partition coefficient (Wildman–Crippen LogP) is 2.88. The molecular weight excluding hydrogens is 264 g/mol. The Balaban J connectivity index is 1.77. The van der Waals surface area contributed by atoms with Crippen molar-refractivity contribution >= 4 is 17.5 Å². The number of para-hydroxylation sites is 1. The number of rotatable bonds is 5. The molecule has 2 N–H and O–H groups in total. The van der Waals surface area contributed by atoms with E-state index in [9.17, 15) is 9.59 Å². The third-order valence-electron chi connectivity index (χ3n) is 4.17. The van der Waals surface area contributed by atoms with Crippen molar-refractivity contribution in [3.8, 4) is 0 Å². The highest BCUT2D eigenvalue weighted by Gasteiger charge is 2.17. The van der Waals surface area contributed by atoms with Crippen LogP contribution in [0.4, 0.5) is 5.69 Å². The third-order valence-corrected chi connectivity index (χ3v) is 4.17. The minimum Gasteiger partial charge on any atom is -0.348 e. The number of benzene rings is 1. The molecule has 4 heteroatoms. The predicted molar refractivity (Wildman–Crippen MR) is 84.0 cm³/mol. The van der Waals surface area contributed by atoms with E-state index in [4.69, 9.17) is 0 Å². The Morgan fingerprint density at radius 2 is 1.86 bits per heavy atom. The van der Waals surface area contributed by atoms with E-state index in [1.807, 2.05) is 31.2 Å². The first-order valence-corrected chi connectivity index (χ1v) is 7.87. The monoisotopic (exact) mass is 288 g/mol. The van der Waals surface area contributed by atoms with Gasteiger partial charge in [-0.2, -0.15) is 0 Å². The van der Waals surface area contributed by atoms with Gasteiger partial charge in [-0.1, -0.05) is 50.8 Å². The van der Waals surface area contributed by atoms with Gasteiger partial charge in [0.05, 0.1) is 0 Å². The average molecular weight is 288 g/mol. The molecule has 0 bridgehead atoms. The zero-order valence-corrected chi connectivity index (χ0v) is 12.7. The van der Waals surface area contributed by atoms with E-state index in [1.54, 1.807) is 0 Å². The smallest absolute Gasteiger partial charge is 0.313 e. The van der Waals surface area contributed by atoms with Crippen molar-refractivity contribution in [1.82, 2.24) is 5.32 Å². The van der Waals surface area contributed by atoms with Gasteiger partial charge in [0, 0.05) is 12.2 Å². The van der Waals surface area contributed by atoms with Crippen molar-refractivity contribution in [3.05, 3.63) is 29.8 Å². The highest BCUT2D eigenvalue weighted by molar-refractivity contribution is 6.39. The maximum absolute atomic E-state index is 11.9. The second kappa shape index (κ2) is 7.81. The van der Waals surface area contributed by atoms with Crippen LogP contribution in [-0.4, -0.2) is 18.4 Å². The van der Waals surface area contributed by atoms with Crippen LogP contribution < -0.4 is 10.6 Å². The Kier molecular flexibility index (Phi) is 5.78. The Bertz CT molecular complexity index is 493. The summed E-state index contributed by atoms with van der Waals surface area (Å²) in [6.45, 7) is 2.61. The second-order valence-electron chi connectivity index (χ2n) is 5.66. The number of nitrogens with one attached hydrogen (secondary N) is 2. The second-order valence-corrected chi connectivity index (χ2v) is 5.66. The van der Waals surface area contributed by atoms with Gasteiger partial charge in [-0.3, -0.25) is 9.59 Å². The summed E-state index contributed by atoms with van der Waals surface area (Å²) in [5.41, 5.74) is 1.75. The summed E-state index contributed by atoms with van der Waals surface area (Å²) < 4.78 is 0. The molecule has 0 heterocycles. The largest absolute Gasteiger partial charge is 0.348 e. The van der Waals surface area contributed by atoms with Gasteiger partial charge in [0.15, 0.2) is 0 Å². The highest BCUT2D eigenvalue weighted by atomic mass is 16.2. The van der Waals surface area contributed by atoms with Crippen LogP contribution in [0.5, 0.6) is 0 Å². The molecule has 0 aliphatic heterocycles. The highest BCUT2D eigenvalue weighted by Crippen LogP contribution is 2.26. The van der Waals surface area contributed by atoms with E-state index in [2.05, 4.69) is 10.6 Å². The molecule has 2 rings (SSSR count). The maximum atomic E-state index is 11.9. The molecule has 1 fully saturated rings. The number of hydrogen-bond acceptors (Lipinski definition) is 2. The molecule has 0 saturated heterocycles. The molecule has 1 aliphatic rings. The van der Waals surface area contributed by atoms with E-state index >= 15 is 0 Å². The van der Waals surface area contributed by atoms with E-state index < -0.39 is 11.8 Å². The zero-order chi connectivity index (χ0) is 15.1. The van der Waals surface area contributed by atoms with E-state index in [1.165, 1.54) is 25.7 Å². The maximum Gasteiger partial charge on any atom is 0.313 e. The summed E-state index contributed by atoms with van der Waals surface area (Å²) >= 11 is 0. The fourth-order valence-electron chi connectivity index (χ4n) is 2.90. The summed E-state index contributed by atoms with van der Waals surface area (Å²) in [5.74, 6) is -0.407. The Morgan fingerprint density at radius 3 is 2.57 bits per heavy atom. The minimum absolute atomic E-state index is 0.543. The molecule has 2 amide bonds. The minimum atomic E-state index is -0.581. The van der Waals surface area contributed by atoms with Gasteiger partial charge >= 0.3 is 11.8 Å². The van der Waals surface area contributed by atoms with Crippen LogP contribution >= 0.6 is 0 Å². The lowest BCUT2D eigenvalue weighted by Gasteiger charge is -2.11. The van der Waals surface area contributed by atoms with Crippen LogP contribution in [0.15, 0.2) is 24.3 Å². The number of anilines is 1. The molecule has 1 aromatic rings. The van der Waals surface area contributed by atoms with Gasteiger partial charge in [-0.15, -0.1) is 0 Å². The first-order valence-electron chi connectivity index (χ1n) is 7.87. The number of aryl methyl sites for hydroxylation is 1. The van der Waals surface area contributed by atoms with Gasteiger partial charge in [0.2, 0.25) is 0 Å². The van der Waals surface area contributed by atoms with Gasteiger partial charge in [-0.25, -0.2) is 0 Å². The molecule has 0 atom stereocenters. The van der Waals surface area contributed by atoms with Crippen LogP contribution in [0.1, 0.15) is 44.6 Å². The summed E-state index contributed by atoms with van der Waals surface area (Å²) in [4.78, 5) is 23.7. The van der Waals surface area contributed by atoms with Crippen LogP contribution in [0.25, 0.3) is 0 Å². The van der Waals surface area contributed by atoms with Crippen LogP contribution in [-0.2, 0) is 16.0 Å². The Morgan fingerprint density at radius 1 is 1.14 bits per heavy atom. The molecule has 0 aromatic heterocycles. The zero-order valence-electron chi connectivity index (χ0n) is 12.7. The number of carbonyl (C=O) groups is 2. The topological polar surface area (TPSA) is 58.2 Å². The summed E-state index contributed by atoms with van der Waals surface area (Å²) in [6, 6.07) is 7.55. The lowest BCUT2D eigenvalue weighted by Crippen LogP contribution is -2.36. The van der Waals surface area contributed by atoms with Crippen molar-refractivity contribution < 1.29 is 9.59 Å². The van der Waals surface area contributed by atoms with Crippen LogP contribution in [0.2, 0.25) is 0 Å². The molecule has 114 valence electrons. The fourth-order valence-corrected chi connectivity index (χ4v) is 2.90. The summed E-state index contributed by atoms with van der Waals surface area (Å²) in [7, 11) is 0. The van der Waals surface area contributed by atoms with E-state index in [0.717, 1.165) is 24.1 Å². The summed E-state index contributed by atoms with van der Waals surface area (Å²) in [6.07, 6.45) is 6.90. The van der Waals surface area contributed by atoms with Gasteiger partial charge in [0.25, 0.3) is 0 Å². The van der Waals surface area contributed by atoms with Crippen molar-refractivity contribution in [2.24, 2.45) is 5.92 Å². The van der Waals surface area contributed by atoms with Crippen LogP contribution in [0.3, 0.4) is 0 Å². The van der Waals surface area contributed by atoms with Crippen LogP contribution in [0, 0.1) is 5.92 Å². The average Bonchev–Trinajstić information content (AvgIpc) is 3.01. The fraction of sp³-hybridized carbons (Fsp3) is 0.529. The molecule has 0 radical (unpaired) electrons. The molecule has 0 unspecified atom stereocenters. The quantitative estimate of drug-likeness (QED) is 0.819. The number of amides is 2. The molecule has 1 aliphatic carbocycles. The molecule has 21 heavy (non-hydrogen) atoms. The van der Waals surface area contributed by atoms with Crippen molar-refractivity contribution in [1.29, 1.82) is 0 Å². The van der Waals surface area contributed by atoms with E-state index in [-0.39, 0.29) is 0 Å². The molecular formula is C17H24N2O2. The Hall–Kier alpha value is -1.84. The third kappa shape index (κ3) is 4.59. The van der Waals surface area contributed by atoms with Crippen molar-refractivity contribution in [3.63, 3.8) is 0 Å². The van der Waals surface area contributed by atoms with Crippen molar-refractivity contribution in [2.75, 3.05) is 11.9 Å². The molecule has 4 nitrogen and oxygen atoms in total. The first kappa shape index (κ1) is 15.5. The molecule has 0 spiro atoms. The first-order chi connectivity index (χ1) is 10.2. The molecule has 1 aromatic carbocycles. The standard InChI is InChI=1S/C17H24N2O2/c1-2-14-9-5-6-10-15(14)19-17(21)16(20)18-12-11-13-7-3-4-8-13/h5-6,9-10,13H,2-4,7-8,11-12H2,1H3,(H,18,20)(H,19,21). The van der Waals surface area contributed by atoms with Gasteiger partial charge in [-0.05, 0) is 30.4 Å². The van der Waals surface area contributed by atoms with Crippen molar-refractivity contribution in [2.45, 2.75) is 45.4 Å². The normalized spacial score (nSPS) is 14.9. The lowest BCUT2D eigenvalue weighted by atomic mass is 10.0. The van der Waals surface area contributed by atoms with Gasteiger partial charge in [0.1, 0.15) is 0 Å². The number of hydrogen-bond donors (Lipinski definition) is 2. The lowest BCUT2D eigenvalue weighted by molar-refractivity contribution is -0.136. The SMILES string of the molecule is CCc1ccccc1NC(=O)C(=O)NCCC1CCCC1. The Labute approximate surface area is 126 Å². The van der Waals surface area contributed by atoms with Gasteiger partial charge < -0.3 is 10.6 Å². The number of carbonyl (C=O) groups excluding carboxylic acids is 2.